The van der Waals surface area contributed by atoms with Crippen molar-refractivity contribution < 1.29 is 9.53 Å². The van der Waals surface area contributed by atoms with Gasteiger partial charge in [-0.25, -0.2) is 0 Å². The molecule has 31 heavy (non-hydrogen) atoms. The summed E-state index contributed by atoms with van der Waals surface area (Å²) in [5.74, 6) is 0.805. The predicted molar refractivity (Wildman–Crippen MR) is 124 cm³/mol. The van der Waals surface area contributed by atoms with Gasteiger partial charge >= 0.3 is 0 Å². The molecular formula is C24H32N4O3. The zero-order chi connectivity index (χ0) is 22.5. The van der Waals surface area contributed by atoms with E-state index in [0.717, 1.165) is 43.8 Å². The smallest absolute Gasteiger partial charge is 0.274 e. The lowest BCUT2D eigenvalue weighted by Gasteiger charge is -2.37. The van der Waals surface area contributed by atoms with Crippen LogP contribution in [0.1, 0.15) is 30.1 Å². The van der Waals surface area contributed by atoms with Crippen LogP contribution < -0.4 is 5.56 Å². The molecule has 2 aromatic heterocycles. The van der Waals surface area contributed by atoms with Gasteiger partial charge in [-0.1, -0.05) is 18.7 Å². The van der Waals surface area contributed by atoms with E-state index in [2.05, 4.69) is 16.5 Å². The lowest BCUT2D eigenvalue weighted by atomic mass is 10.0. The van der Waals surface area contributed by atoms with Gasteiger partial charge in [0.05, 0.1) is 18.4 Å². The number of nitrogens with one attached hydrogen (secondary N) is 1. The van der Waals surface area contributed by atoms with Gasteiger partial charge in [0.25, 0.3) is 11.5 Å². The first-order chi connectivity index (χ1) is 14.8. The van der Waals surface area contributed by atoms with Gasteiger partial charge in [-0.3, -0.25) is 14.5 Å². The zero-order valence-corrected chi connectivity index (χ0v) is 18.9. The number of H-pyrrole nitrogens is 1. The summed E-state index contributed by atoms with van der Waals surface area (Å²) in [5, 5.41) is 0.679. The fourth-order valence-electron chi connectivity index (χ4n) is 3.99. The Morgan fingerprint density at radius 1 is 1.39 bits per heavy atom. The van der Waals surface area contributed by atoms with Gasteiger partial charge in [0, 0.05) is 57.6 Å². The van der Waals surface area contributed by atoms with Crippen molar-refractivity contribution in [2.75, 3.05) is 33.8 Å². The Balaban J connectivity index is 1.59. The molecule has 0 aromatic carbocycles. The second-order valence-corrected chi connectivity index (χ2v) is 8.15. The molecule has 0 saturated carbocycles. The predicted octanol–water partition coefficient (Wildman–Crippen LogP) is 3.07. The van der Waals surface area contributed by atoms with Crippen molar-refractivity contribution in [3.63, 3.8) is 0 Å². The molecule has 3 heterocycles. The van der Waals surface area contributed by atoms with Gasteiger partial charge in [-0.05, 0) is 37.5 Å². The van der Waals surface area contributed by atoms with E-state index in [1.165, 1.54) is 4.57 Å². The number of carbonyl (C=O) groups is 1. The number of likely N-dealkylation sites (tertiary alicyclic amines) is 1. The van der Waals surface area contributed by atoms with Gasteiger partial charge < -0.3 is 19.2 Å². The molecule has 0 atom stereocenters. The summed E-state index contributed by atoms with van der Waals surface area (Å²) >= 11 is 0. The molecular weight excluding hydrogens is 392 g/mol. The average Bonchev–Trinajstić information content (AvgIpc) is 3.26. The molecule has 0 radical (unpaired) electrons. The second-order valence-electron chi connectivity index (χ2n) is 8.15. The van der Waals surface area contributed by atoms with E-state index < -0.39 is 0 Å². The van der Waals surface area contributed by atoms with Gasteiger partial charge in [0.2, 0.25) is 0 Å². The van der Waals surface area contributed by atoms with E-state index in [-0.39, 0.29) is 17.5 Å². The molecule has 1 aliphatic heterocycles. The summed E-state index contributed by atoms with van der Waals surface area (Å²) in [6, 6.07) is 1.97. The summed E-state index contributed by atoms with van der Waals surface area (Å²) in [7, 11) is 5.18. The Morgan fingerprint density at radius 2 is 2.10 bits per heavy atom. The summed E-state index contributed by atoms with van der Waals surface area (Å²) < 4.78 is 6.58. The topological polar surface area (TPSA) is 70.6 Å². The van der Waals surface area contributed by atoms with Crippen LogP contribution in [-0.2, 0) is 11.8 Å². The number of nitrogens with zero attached hydrogens (tertiary/aromatic N) is 3. The summed E-state index contributed by atoms with van der Waals surface area (Å²) in [5.41, 5.74) is 1.94. The summed E-state index contributed by atoms with van der Waals surface area (Å²) in [4.78, 5) is 32.6. The van der Waals surface area contributed by atoms with Gasteiger partial charge in [-0.2, -0.15) is 0 Å². The minimum absolute atomic E-state index is 0.0497. The molecule has 1 saturated heterocycles. The molecule has 0 spiro atoms. The number of piperidine rings is 1. The molecule has 7 heteroatoms. The molecule has 2 aromatic rings. The average molecular weight is 425 g/mol. The summed E-state index contributed by atoms with van der Waals surface area (Å²) in [6.45, 7) is 8.68. The van der Waals surface area contributed by atoms with Crippen LogP contribution in [-0.4, -0.2) is 65.1 Å². The van der Waals surface area contributed by atoms with Crippen LogP contribution >= 0.6 is 0 Å². The maximum Gasteiger partial charge on any atom is 0.274 e. The van der Waals surface area contributed by atoms with E-state index in [1.807, 2.05) is 37.1 Å². The van der Waals surface area contributed by atoms with Gasteiger partial charge in [-0.15, -0.1) is 0 Å². The van der Waals surface area contributed by atoms with Crippen LogP contribution in [0.5, 0.6) is 0 Å². The van der Waals surface area contributed by atoms with Crippen molar-refractivity contribution in [2.45, 2.75) is 25.8 Å². The zero-order valence-electron chi connectivity index (χ0n) is 18.9. The minimum Gasteiger partial charge on any atom is -0.501 e. The van der Waals surface area contributed by atoms with Crippen molar-refractivity contribution in [3.05, 3.63) is 70.5 Å². The number of carbonyl (C=O) groups excluding carboxylic acids is 1. The molecule has 7 nitrogen and oxygen atoms in total. The Labute approximate surface area is 183 Å². The number of rotatable bonds is 7. The SMILES string of the molecule is C=C(/C=C\C=C(/C)OC)CN1CCC(N(C)C(=O)c2cn(C)c(=O)c3[nH]ccc23)CC1. The molecule has 0 unspecified atom stereocenters. The highest BCUT2D eigenvalue weighted by Crippen LogP contribution is 2.21. The molecule has 1 N–H and O–H groups in total. The van der Waals surface area contributed by atoms with Gasteiger partial charge in [0.1, 0.15) is 5.52 Å². The lowest BCUT2D eigenvalue weighted by Crippen LogP contribution is -2.46. The molecule has 3 rings (SSSR count). The Morgan fingerprint density at radius 3 is 2.77 bits per heavy atom. The largest absolute Gasteiger partial charge is 0.501 e. The maximum absolute atomic E-state index is 13.2. The molecule has 0 bridgehead atoms. The van der Waals surface area contributed by atoms with Gasteiger partial charge in [0.15, 0.2) is 0 Å². The van der Waals surface area contributed by atoms with Crippen LogP contribution in [0, 0.1) is 0 Å². The standard InChI is InChI=1S/C24H32N4O3/c1-17(7-6-8-18(2)31-5)15-28-13-10-19(11-14-28)27(4)23(29)21-16-26(3)24(30)22-20(21)9-12-25-22/h6-9,12,16,19,25H,1,10-11,13-15H2,2-5H3/b7-6-,18-8+. The second kappa shape index (κ2) is 9.83. The van der Waals surface area contributed by atoms with E-state index >= 15 is 0 Å². The fraction of sp³-hybridized carbons (Fsp3) is 0.417. The number of aromatic nitrogens is 2. The fourth-order valence-corrected chi connectivity index (χ4v) is 3.99. The molecule has 0 aliphatic carbocycles. The number of hydrogen-bond acceptors (Lipinski definition) is 4. The molecule has 1 aliphatic rings. The number of aromatic amines is 1. The first-order valence-corrected chi connectivity index (χ1v) is 10.5. The molecule has 1 fully saturated rings. The first-order valence-electron chi connectivity index (χ1n) is 10.5. The van der Waals surface area contributed by atoms with Crippen molar-refractivity contribution in [1.29, 1.82) is 0 Å². The van der Waals surface area contributed by atoms with Crippen LogP contribution in [0.2, 0.25) is 0 Å². The maximum atomic E-state index is 13.2. The molecule has 1 amide bonds. The summed E-state index contributed by atoms with van der Waals surface area (Å²) in [6.07, 6.45) is 11.0. The van der Waals surface area contributed by atoms with Crippen molar-refractivity contribution in [1.82, 2.24) is 19.4 Å². The van der Waals surface area contributed by atoms with E-state index in [4.69, 9.17) is 4.74 Å². The number of aryl methyl sites for hydroxylation is 1. The number of amides is 1. The third-order valence-electron chi connectivity index (χ3n) is 5.96. The van der Waals surface area contributed by atoms with E-state index in [0.29, 0.717) is 16.5 Å². The van der Waals surface area contributed by atoms with Crippen LogP contribution in [0.25, 0.3) is 10.9 Å². The van der Waals surface area contributed by atoms with Crippen LogP contribution in [0.3, 0.4) is 0 Å². The number of methoxy groups -OCH3 is 1. The third-order valence-corrected chi connectivity index (χ3v) is 5.96. The minimum atomic E-state index is -0.130. The molecule has 166 valence electrons. The number of hydrogen-bond donors (Lipinski definition) is 1. The van der Waals surface area contributed by atoms with E-state index in [1.54, 1.807) is 32.6 Å². The number of ether oxygens (including phenoxy) is 1. The van der Waals surface area contributed by atoms with Crippen molar-refractivity contribution in [2.24, 2.45) is 7.05 Å². The highest BCUT2D eigenvalue weighted by Gasteiger charge is 2.27. The highest BCUT2D eigenvalue weighted by molar-refractivity contribution is 6.05. The lowest BCUT2D eigenvalue weighted by molar-refractivity contribution is 0.0651. The quantitative estimate of drug-likeness (QED) is 0.548. The number of pyridine rings is 1. The van der Waals surface area contributed by atoms with E-state index in [9.17, 15) is 9.59 Å². The van der Waals surface area contributed by atoms with Crippen LogP contribution in [0.4, 0.5) is 0 Å². The highest BCUT2D eigenvalue weighted by atomic mass is 16.5. The third kappa shape index (κ3) is 5.17. The van der Waals surface area contributed by atoms with Crippen molar-refractivity contribution in [3.8, 4) is 0 Å². The van der Waals surface area contributed by atoms with Crippen LogP contribution in [0.15, 0.2) is 59.4 Å². The first kappa shape index (κ1) is 22.6. The number of fused-ring (bicyclic) bond motifs is 1. The Kier molecular flexibility index (Phi) is 7.17. The number of allylic oxidation sites excluding steroid dienone is 3. The Bertz CT molecular complexity index is 1070. The Hall–Kier alpha value is -3.06. The normalized spacial score (nSPS) is 16.2. The van der Waals surface area contributed by atoms with Crippen molar-refractivity contribution >= 4 is 16.8 Å². The monoisotopic (exact) mass is 424 g/mol.